The van der Waals surface area contributed by atoms with Crippen LogP contribution in [0.1, 0.15) is 12.8 Å². The number of nitro groups is 1. The van der Waals surface area contributed by atoms with Crippen molar-refractivity contribution in [1.82, 2.24) is 4.90 Å². The molecule has 2 aromatic rings. The molecular formula is C19H24N4O3S2. The number of nitrogens with zero attached hydrogens (tertiary/aromatic N) is 2. The molecule has 0 saturated heterocycles. The zero-order chi connectivity index (χ0) is 20.5. The van der Waals surface area contributed by atoms with Crippen LogP contribution in [0.25, 0.3) is 0 Å². The van der Waals surface area contributed by atoms with Gasteiger partial charge >= 0.3 is 0 Å². The molecule has 9 heteroatoms. The second-order valence-corrected chi connectivity index (χ2v) is 8.16. The summed E-state index contributed by atoms with van der Waals surface area (Å²) in [5.74, 6) is 0.740. The van der Waals surface area contributed by atoms with E-state index >= 15 is 0 Å². The van der Waals surface area contributed by atoms with Crippen molar-refractivity contribution in [2.45, 2.75) is 28.7 Å². The number of rotatable bonds is 10. The molecule has 0 aliphatic heterocycles. The summed E-state index contributed by atoms with van der Waals surface area (Å²) in [6.45, 7) is 0. The molecule has 0 aliphatic rings. The first-order valence-corrected chi connectivity index (χ1v) is 10.6. The van der Waals surface area contributed by atoms with Crippen LogP contribution in [0.3, 0.4) is 0 Å². The maximum absolute atomic E-state index is 12.6. The molecule has 150 valence electrons. The fraction of sp³-hybridized carbons (Fsp3) is 0.316. The zero-order valence-corrected chi connectivity index (χ0v) is 17.5. The Morgan fingerprint density at radius 1 is 1.21 bits per heavy atom. The highest BCUT2D eigenvalue weighted by molar-refractivity contribution is 7.99. The van der Waals surface area contributed by atoms with Crippen LogP contribution in [0.2, 0.25) is 0 Å². The Bertz CT molecular complexity index is 803. The maximum Gasteiger partial charge on any atom is 0.293 e. The van der Waals surface area contributed by atoms with Gasteiger partial charge in [0, 0.05) is 30.0 Å². The van der Waals surface area contributed by atoms with Gasteiger partial charge in [-0.1, -0.05) is 18.2 Å². The normalized spacial score (nSPS) is 11.7. The van der Waals surface area contributed by atoms with Crippen LogP contribution in [0.4, 0.5) is 11.4 Å². The van der Waals surface area contributed by atoms with Crippen molar-refractivity contribution >= 4 is 41.0 Å². The van der Waals surface area contributed by atoms with Crippen molar-refractivity contribution in [3.63, 3.8) is 0 Å². The largest absolute Gasteiger partial charge is 0.368 e. The Morgan fingerprint density at radius 3 is 2.54 bits per heavy atom. The zero-order valence-electron chi connectivity index (χ0n) is 15.8. The summed E-state index contributed by atoms with van der Waals surface area (Å²) < 4.78 is 0. The summed E-state index contributed by atoms with van der Waals surface area (Å²) in [6, 6.07) is 14.2. The number of nitrogens with one attached hydrogen (secondary N) is 1. The summed E-state index contributed by atoms with van der Waals surface area (Å²) >= 11 is 2.67. The van der Waals surface area contributed by atoms with Gasteiger partial charge in [0.1, 0.15) is 11.7 Å². The SMILES string of the molecule is CN(C)C(=O)C(CCCSc1ccccc1)Nc1ccc(SN)cc1[N+](=O)[O-]. The summed E-state index contributed by atoms with van der Waals surface area (Å²) in [4.78, 5) is 26.8. The lowest BCUT2D eigenvalue weighted by atomic mass is 10.1. The van der Waals surface area contributed by atoms with E-state index in [1.54, 1.807) is 38.0 Å². The summed E-state index contributed by atoms with van der Waals surface area (Å²) in [6.07, 6.45) is 1.36. The Kier molecular flexibility index (Phi) is 8.62. The number of anilines is 1. The average Bonchev–Trinajstić information content (AvgIpc) is 2.70. The molecule has 0 saturated carbocycles. The van der Waals surface area contributed by atoms with Crippen molar-refractivity contribution in [1.29, 1.82) is 0 Å². The molecule has 28 heavy (non-hydrogen) atoms. The molecule has 0 radical (unpaired) electrons. The molecular weight excluding hydrogens is 396 g/mol. The van der Waals surface area contributed by atoms with Crippen LogP contribution >= 0.6 is 23.7 Å². The third-order valence-electron chi connectivity index (χ3n) is 4.02. The molecule has 3 N–H and O–H groups in total. The second kappa shape index (κ2) is 10.9. The van der Waals surface area contributed by atoms with Gasteiger partial charge in [-0.2, -0.15) is 0 Å². The number of thioether (sulfide) groups is 1. The van der Waals surface area contributed by atoms with Crippen molar-refractivity contribution in [2.24, 2.45) is 5.14 Å². The van der Waals surface area contributed by atoms with Gasteiger partial charge < -0.3 is 10.2 Å². The highest BCUT2D eigenvalue weighted by Crippen LogP contribution is 2.30. The topological polar surface area (TPSA) is 102 Å². The number of carbonyl (C=O) groups excluding carboxylic acids is 1. The molecule has 1 amide bonds. The number of nitro benzene ring substituents is 1. The van der Waals surface area contributed by atoms with E-state index in [1.807, 2.05) is 30.3 Å². The van der Waals surface area contributed by atoms with Gasteiger partial charge in [0.2, 0.25) is 5.91 Å². The standard InChI is InChI=1S/C19H24N4O3S2/c1-22(2)19(24)17(9-6-12-27-14-7-4-3-5-8-14)21-16-11-10-15(28-20)13-18(16)23(25)26/h3-5,7-8,10-11,13,17,21H,6,9,12,20H2,1-2H3. The molecule has 0 fully saturated rings. The number of hydrogen-bond acceptors (Lipinski definition) is 7. The first kappa shape index (κ1) is 22.1. The van der Waals surface area contributed by atoms with E-state index in [0.717, 1.165) is 24.1 Å². The average molecular weight is 421 g/mol. The first-order chi connectivity index (χ1) is 13.4. The predicted molar refractivity (Wildman–Crippen MR) is 116 cm³/mol. The number of likely N-dealkylation sites (N-methyl/N-ethyl adjacent to an activating group) is 1. The highest BCUT2D eigenvalue weighted by atomic mass is 32.2. The van der Waals surface area contributed by atoms with E-state index in [4.69, 9.17) is 5.14 Å². The number of amides is 1. The molecule has 1 unspecified atom stereocenters. The molecule has 1 atom stereocenters. The molecule has 2 aromatic carbocycles. The van der Waals surface area contributed by atoms with Gasteiger partial charge in [0.25, 0.3) is 5.69 Å². The van der Waals surface area contributed by atoms with E-state index < -0.39 is 11.0 Å². The van der Waals surface area contributed by atoms with Crippen LogP contribution in [-0.2, 0) is 4.79 Å². The van der Waals surface area contributed by atoms with Crippen molar-refractivity contribution in [3.8, 4) is 0 Å². The van der Waals surface area contributed by atoms with E-state index in [2.05, 4.69) is 5.32 Å². The van der Waals surface area contributed by atoms with Crippen molar-refractivity contribution in [3.05, 3.63) is 58.6 Å². The highest BCUT2D eigenvalue weighted by Gasteiger charge is 2.24. The van der Waals surface area contributed by atoms with Crippen LogP contribution in [-0.4, -0.2) is 41.6 Å². The van der Waals surface area contributed by atoms with Gasteiger partial charge in [-0.25, -0.2) is 0 Å². The van der Waals surface area contributed by atoms with Crippen molar-refractivity contribution < 1.29 is 9.72 Å². The summed E-state index contributed by atoms with van der Waals surface area (Å²) in [5.41, 5.74) is 0.226. The van der Waals surface area contributed by atoms with Gasteiger partial charge in [-0.15, -0.1) is 11.8 Å². The Hall–Kier alpha value is -2.23. The first-order valence-electron chi connectivity index (χ1n) is 8.73. The molecule has 7 nitrogen and oxygen atoms in total. The lowest BCUT2D eigenvalue weighted by Crippen LogP contribution is -2.39. The minimum absolute atomic E-state index is 0.0920. The van der Waals surface area contributed by atoms with E-state index in [0.29, 0.717) is 17.0 Å². The van der Waals surface area contributed by atoms with Gasteiger partial charge in [0.15, 0.2) is 0 Å². The lowest BCUT2D eigenvalue weighted by Gasteiger charge is -2.22. The third kappa shape index (κ3) is 6.43. The number of benzene rings is 2. The molecule has 0 spiro atoms. The lowest BCUT2D eigenvalue weighted by molar-refractivity contribution is -0.384. The minimum atomic E-state index is -0.540. The van der Waals surface area contributed by atoms with Crippen LogP contribution in [0.15, 0.2) is 58.3 Å². The number of carbonyl (C=O) groups is 1. The fourth-order valence-corrected chi connectivity index (χ4v) is 3.83. The Labute approximate surface area is 173 Å². The van der Waals surface area contributed by atoms with Gasteiger partial charge in [-0.05, 0) is 54.8 Å². The molecule has 0 aromatic heterocycles. The van der Waals surface area contributed by atoms with Crippen LogP contribution in [0, 0.1) is 10.1 Å². The Morgan fingerprint density at radius 2 is 1.93 bits per heavy atom. The molecule has 0 heterocycles. The van der Waals surface area contributed by atoms with Crippen LogP contribution in [0.5, 0.6) is 0 Å². The quantitative estimate of drug-likeness (QED) is 0.197. The maximum atomic E-state index is 12.6. The second-order valence-electron chi connectivity index (χ2n) is 6.29. The fourth-order valence-electron chi connectivity index (χ4n) is 2.61. The van der Waals surface area contributed by atoms with Gasteiger partial charge in [0.05, 0.1) is 4.92 Å². The molecule has 0 bridgehead atoms. The third-order valence-corrected chi connectivity index (χ3v) is 5.64. The van der Waals surface area contributed by atoms with E-state index in [-0.39, 0.29) is 11.6 Å². The summed E-state index contributed by atoms with van der Waals surface area (Å²) in [7, 11) is 3.36. The number of hydrogen-bond donors (Lipinski definition) is 2. The molecule has 0 aliphatic carbocycles. The Balaban J connectivity index is 2.07. The predicted octanol–water partition coefficient (Wildman–Crippen LogP) is 4.00. The van der Waals surface area contributed by atoms with Crippen molar-refractivity contribution in [2.75, 3.05) is 25.2 Å². The van der Waals surface area contributed by atoms with Gasteiger partial charge in [-0.3, -0.25) is 20.0 Å². The minimum Gasteiger partial charge on any atom is -0.368 e. The van der Waals surface area contributed by atoms with E-state index in [9.17, 15) is 14.9 Å². The monoisotopic (exact) mass is 420 g/mol. The van der Waals surface area contributed by atoms with Crippen LogP contribution < -0.4 is 10.5 Å². The molecule has 2 rings (SSSR count). The smallest absolute Gasteiger partial charge is 0.293 e. The number of nitrogens with two attached hydrogens (primary N) is 1. The summed E-state index contributed by atoms with van der Waals surface area (Å²) in [5, 5.41) is 20.0. The van der Waals surface area contributed by atoms with E-state index in [1.165, 1.54) is 15.9 Å².